The third kappa shape index (κ3) is 3.13. The number of hydrogen-bond donors (Lipinski definition) is 2. The predicted molar refractivity (Wildman–Crippen MR) is 102 cm³/mol. The fourth-order valence-electron chi connectivity index (χ4n) is 3.29. The zero-order valence-corrected chi connectivity index (χ0v) is 14.7. The summed E-state index contributed by atoms with van der Waals surface area (Å²) in [6.07, 6.45) is 7.13. The highest BCUT2D eigenvalue weighted by Crippen LogP contribution is 2.20. The molecule has 0 spiro atoms. The molecule has 3 N–H and O–H groups in total. The lowest BCUT2D eigenvalue weighted by molar-refractivity contribution is 0.102. The number of amides is 1. The first kappa shape index (κ1) is 16.5. The van der Waals surface area contributed by atoms with Gasteiger partial charge in [-0.1, -0.05) is 6.07 Å². The van der Waals surface area contributed by atoms with E-state index in [4.69, 9.17) is 5.73 Å². The second-order valence-corrected chi connectivity index (χ2v) is 6.71. The SMILES string of the molecule is Cc1cccn2c(NC(=O)c3ccnc(N4CCC(N)CC4)c3)cnc12. The van der Waals surface area contributed by atoms with Gasteiger partial charge >= 0.3 is 0 Å². The van der Waals surface area contributed by atoms with Gasteiger partial charge in [-0.15, -0.1) is 0 Å². The van der Waals surface area contributed by atoms with Crippen LogP contribution in [0.1, 0.15) is 28.8 Å². The zero-order chi connectivity index (χ0) is 18.1. The second-order valence-electron chi connectivity index (χ2n) is 6.71. The van der Waals surface area contributed by atoms with E-state index in [1.54, 1.807) is 18.5 Å². The van der Waals surface area contributed by atoms with Gasteiger partial charge in [-0.05, 0) is 43.5 Å². The van der Waals surface area contributed by atoms with E-state index in [1.807, 2.05) is 35.7 Å². The standard InChI is InChI=1S/C19H22N6O/c1-13-3-2-8-25-17(12-22-18(13)25)23-19(26)14-4-7-21-16(11-14)24-9-5-15(20)6-10-24/h2-4,7-8,11-12,15H,5-6,9-10,20H2,1H3,(H,23,26). The van der Waals surface area contributed by atoms with Crippen LogP contribution in [0.4, 0.5) is 11.6 Å². The van der Waals surface area contributed by atoms with Gasteiger partial charge in [0.2, 0.25) is 0 Å². The van der Waals surface area contributed by atoms with Crippen molar-refractivity contribution in [2.75, 3.05) is 23.3 Å². The average Bonchev–Trinajstić information content (AvgIpc) is 3.07. The van der Waals surface area contributed by atoms with Crippen molar-refractivity contribution < 1.29 is 4.79 Å². The Kier molecular flexibility index (Phi) is 4.30. The number of aryl methyl sites for hydroxylation is 1. The van der Waals surface area contributed by atoms with Crippen molar-refractivity contribution in [3.05, 3.63) is 54.0 Å². The summed E-state index contributed by atoms with van der Waals surface area (Å²) in [6, 6.07) is 7.75. The number of carbonyl (C=O) groups is 1. The Hall–Kier alpha value is -2.93. The van der Waals surface area contributed by atoms with Crippen LogP contribution in [0.5, 0.6) is 0 Å². The Balaban J connectivity index is 1.54. The number of imidazole rings is 1. The number of pyridine rings is 2. The molecule has 4 heterocycles. The van der Waals surface area contributed by atoms with Gasteiger partial charge in [-0.2, -0.15) is 0 Å². The number of hydrogen-bond acceptors (Lipinski definition) is 5. The van der Waals surface area contributed by atoms with Gasteiger partial charge in [0.15, 0.2) is 0 Å². The predicted octanol–water partition coefficient (Wildman–Crippen LogP) is 2.22. The first-order chi connectivity index (χ1) is 12.6. The van der Waals surface area contributed by atoms with E-state index in [9.17, 15) is 4.79 Å². The summed E-state index contributed by atoms with van der Waals surface area (Å²) in [7, 11) is 0. The monoisotopic (exact) mass is 350 g/mol. The van der Waals surface area contributed by atoms with Crippen LogP contribution in [0.2, 0.25) is 0 Å². The van der Waals surface area contributed by atoms with Crippen molar-refractivity contribution in [2.24, 2.45) is 5.73 Å². The fourth-order valence-corrected chi connectivity index (χ4v) is 3.29. The highest BCUT2D eigenvalue weighted by atomic mass is 16.1. The Labute approximate surface area is 151 Å². The molecule has 7 heteroatoms. The van der Waals surface area contributed by atoms with Crippen LogP contribution in [0, 0.1) is 6.92 Å². The van der Waals surface area contributed by atoms with E-state index in [0.29, 0.717) is 11.4 Å². The molecule has 26 heavy (non-hydrogen) atoms. The smallest absolute Gasteiger partial charge is 0.257 e. The highest BCUT2D eigenvalue weighted by molar-refractivity contribution is 6.04. The number of nitrogens with two attached hydrogens (primary N) is 1. The second kappa shape index (κ2) is 6.76. The van der Waals surface area contributed by atoms with E-state index in [1.165, 1.54) is 0 Å². The molecular formula is C19H22N6O. The molecule has 0 radical (unpaired) electrons. The Bertz CT molecular complexity index is 942. The molecule has 0 saturated carbocycles. The van der Waals surface area contributed by atoms with Crippen LogP contribution in [-0.4, -0.2) is 39.4 Å². The lowest BCUT2D eigenvalue weighted by Gasteiger charge is -2.31. The molecule has 1 amide bonds. The molecule has 1 aliphatic heterocycles. The number of carbonyl (C=O) groups excluding carboxylic acids is 1. The van der Waals surface area contributed by atoms with Crippen molar-refractivity contribution in [1.82, 2.24) is 14.4 Å². The minimum absolute atomic E-state index is 0.175. The van der Waals surface area contributed by atoms with E-state index in [2.05, 4.69) is 20.2 Å². The lowest BCUT2D eigenvalue weighted by atomic mass is 10.1. The summed E-state index contributed by atoms with van der Waals surface area (Å²) in [5.74, 6) is 1.29. The molecule has 4 rings (SSSR count). The van der Waals surface area contributed by atoms with Gasteiger partial charge in [0.25, 0.3) is 5.91 Å². The molecule has 1 aliphatic rings. The highest BCUT2D eigenvalue weighted by Gasteiger charge is 2.18. The quantitative estimate of drug-likeness (QED) is 0.756. The van der Waals surface area contributed by atoms with Crippen LogP contribution in [0.15, 0.2) is 42.9 Å². The van der Waals surface area contributed by atoms with Crippen LogP contribution < -0.4 is 16.0 Å². The van der Waals surface area contributed by atoms with Gasteiger partial charge < -0.3 is 16.0 Å². The zero-order valence-electron chi connectivity index (χ0n) is 14.7. The van der Waals surface area contributed by atoms with Gasteiger partial charge in [0, 0.05) is 37.1 Å². The van der Waals surface area contributed by atoms with E-state index in [-0.39, 0.29) is 11.9 Å². The summed E-state index contributed by atoms with van der Waals surface area (Å²) in [4.78, 5) is 23.7. The van der Waals surface area contributed by atoms with Crippen LogP contribution >= 0.6 is 0 Å². The van der Waals surface area contributed by atoms with Crippen molar-refractivity contribution in [3.63, 3.8) is 0 Å². The molecule has 1 fully saturated rings. The number of nitrogens with one attached hydrogen (secondary N) is 1. The average molecular weight is 350 g/mol. The Morgan fingerprint density at radius 1 is 1.27 bits per heavy atom. The van der Waals surface area contributed by atoms with Crippen molar-refractivity contribution in [2.45, 2.75) is 25.8 Å². The number of aromatic nitrogens is 3. The van der Waals surface area contributed by atoms with Crippen LogP contribution in [-0.2, 0) is 0 Å². The molecule has 0 aromatic carbocycles. The van der Waals surface area contributed by atoms with Crippen molar-refractivity contribution >= 4 is 23.2 Å². The number of rotatable bonds is 3. The maximum atomic E-state index is 12.7. The van der Waals surface area contributed by atoms with Crippen LogP contribution in [0.25, 0.3) is 5.65 Å². The molecule has 7 nitrogen and oxygen atoms in total. The topological polar surface area (TPSA) is 88.5 Å². The molecule has 0 atom stereocenters. The Morgan fingerprint density at radius 2 is 2.08 bits per heavy atom. The normalized spacial score (nSPS) is 15.4. The van der Waals surface area contributed by atoms with E-state index < -0.39 is 0 Å². The number of piperidine rings is 1. The van der Waals surface area contributed by atoms with Gasteiger partial charge in [0.05, 0.1) is 6.20 Å². The molecular weight excluding hydrogens is 328 g/mol. The number of nitrogens with zero attached hydrogens (tertiary/aromatic N) is 4. The minimum Gasteiger partial charge on any atom is -0.356 e. The van der Waals surface area contributed by atoms with Crippen LogP contribution in [0.3, 0.4) is 0 Å². The van der Waals surface area contributed by atoms with Crippen molar-refractivity contribution in [3.8, 4) is 0 Å². The summed E-state index contributed by atoms with van der Waals surface area (Å²) < 4.78 is 1.88. The lowest BCUT2D eigenvalue weighted by Crippen LogP contribution is -2.40. The number of fused-ring (bicyclic) bond motifs is 1. The first-order valence-corrected chi connectivity index (χ1v) is 8.82. The molecule has 3 aromatic heterocycles. The first-order valence-electron chi connectivity index (χ1n) is 8.82. The summed E-state index contributed by atoms with van der Waals surface area (Å²) >= 11 is 0. The molecule has 134 valence electrons. The van der Waals surface area contributed by atoms with Gasteiger partial charge in [0.1, 0.15) is 17.3 Å². The van der Waals surface area contributed by atoms with Gasteiger partial charge in [-0.3, -0.25) is 9.20 Å². The molecule has 0 unspecified atom stereocenters. The largest absolute Gasteiger partial charge is 0.356 e. The third-order valence-electron chi connectivity index (χ3n) is 4.84. The van der Waals surface area contributed by atoms with E-state index >= 15 is 0 Å². The third-order valence-corrected chi connectivity index (χ3v) is 4.84. The van der Waals surface area contributed by atoms with Crippen molar-refractivity contribution in [1.29, 1.82) is 0 Å². The molecule has 0 aliphatic carbocycles. The summed E-state index contributed by atoms with van der Waals surface area (Å²) in [5, 5.41) is 2.94. The fraction of sp³-hybridized carbons (Fsp3) is 0.316. The molecule has 1 saturated heterocycles. The Morgan fingerprint density at radius 3 is 2.88 bits per heavy atom. The molecule has 0 bridgehead atoms. The minimum atomic E-state index is -0.175. The van der Waals surface area contributed by atoms with E-state index in [0.717, 1.165) is 43.0 Å². The number of anilines is 2. The molecule has 3 aromatic rings. The maximum Gasteiger partial charge on any atom is 0.257 e. The maximum absolute atomic E-state index is 12.7. The summed E-state index contributed by atoms with van der Waals surface area (Å²) in [5.41, 5.74) is 8.44. The summed E-state index contributed by atoms with van der Waals surface area (Å²) in [6.45, 7) is 3.73. The van der Waals surface area contributed by atoms with Gasteiger partial charge in [-0.25, -0.2) is 9.97 Å².